The van der Waals surface area contributed by atoms with E-state index in [2.05, 4.69) is 10.4 Å². The normalized spacial score (nSPS) is 15.9. The number of nitrogens with one attached hydrogen (secondary N) is 1. The number of hydrazone groups is 1. The highest BCUT2D eigenvalue weighted by Crippen LogP contribution is 2.30. The van der Waals surface area contributed by atoms with Crippen molar-refractivity contribution in [3.05, 3.63) is 54.1 Å². The Balaban J connectivity index is 1.52. The number of benzene rings is 2. The molecule has 0 aromatic heterocycles. The third kappa shape index (κ3) is 3.38. The van der Waals surface area contributed by atoms with Crippen molar-refractivity contribution in [1.82, 2.24) is 0 Å². The van der Waals surface area contributed by atoms with Crippen LogP contribution < -0.4 is 15.2 Å². The Morgan fingerprint density at radius 3 is 2.57 bits per heavy atom. The highest BCUT2D eigenvalue weighted by molar-refractivity contribution is 6.44. The van der Waals surface area contributed by atoms with Crippen molar-refractivity contribution >= 4 is 40.5 Å². The number of carbonyl (C=O) groups is 3. The van der Waals surface area contributed by atoms with Gasteiger partial charge in [0, 0.05) is 37.7 Å². The van der Waals surface area contributed by atoms with E-state index >= 15 is 0 Å². The second-order valence-electron chi connectivity index (χ2n) is 6.81. The molecule has 2 aromatic carbocycles. The van der Waals surface area contributed by atoms with Crippen LogP contribution in [0.5, 0.6) is 0 Å². The van der Waals surface area contributed by atoms with Crippen LogP contribution in [0.15, 0.2) is 53.6 Å². The van der Waals surface area contributed by atoms with Crippen molar-refractivity contribution < 1.29 is 14.4 Å². The van der Waals surface area contributed by atoms with Gasteiger partial charge in [0.2, 0.25) is 11.8 Å². The van der Waals surface area contributed by atoms with Gasteiger partial charge >= 0.3 is 0 Å². The summed E-state index contributed by atoms with van der Waals surface area (Å²) >= 11 is 0. The smallest absolute Gasteiger partial charge is 0.271 e. The molecule has 142 valence electrons. The Kier molecular flexibility index (Phi) is 4.65. The zero-order valence-corrected chi connectivity index (χ0v) is 15.5. The lowest BCUT2D eigenvalue weighted by Gasteiger charge is -2.23. The van der Waals surface area contributed by atoms with E-state index in [1.165, 1.54) is 5.01 Å². The maximum Gasteiger partial charge on any atom is 0.271 e. The number of para-hydroxylation sites is 1. The molecule has 2 aliphatic heterocycles. The van der Waals surface area contributed by atoms with Gasteiger partial charge in [-0.1, -0.05) is 18.2 Å². The van der Waals surface area contributed by atoms with Gasteiger partial charge in [-0.05, 0) is 42.3 Å². The molecule has 7 nitrogen and oxygen atoms in total. The number of amides is 3. The summed E-state index contributed by atoms with van der Waals surface area (Å²) in [7, 11) is 0. The van der Waals surface area contributed by atoms with Crippen molar-refractivity contribution in [1.29, 1.82) is 0 Å². The van der Waals surface area contributed by atoms with Crippen LogP contribution in [0.25, 0.3) is 0 Å². The molecule has 0 bridgehead atoms. The second-order valence-corrected chi connectivity index (χ2v) is 6.81. The van der Waals surface area contributed by atoms with Gasteiger partial charge < -0.3 is 10.2 Å². The number of carbonyl (C=O) groups excluding carboxylic acids is 3. The van der Waals surface area contributed by atoms with Crippen LogP contribution in [0.1, 0.15) is 25.3 Å². The number of fused-ring (bicyclic) bond motifs is 1. The predicted octanol–water partition coefficient (Wildman–Crippen LogP) is 2.72. The van der Waals surface area contributed by atoms with Gasteiger partial charge in [-0.15, -0.1) is 0 Å². The highest BCUT2D eigenvalue weighted by atomic mass is 16.2. The van der Waals surface area contributed by atoms with E-state index in [1.807, 2.05) is 30.3 Å². The van der Waals surface area contributed by atoms with Gasteiger partial charge in [-0.3, -0.25) is 14.4 Å². The first-order valence-electron chi connectivity index (χ1n) is 9.21. The maximum atomic E-state index is 12.7. The van der Waals surface area contributed by atoms with E-state index in [9.17, 15) is 14.4 Å². The summed E-state index contributed by atoms with van der Waals surface area (Å²) in [5, 5.41) is 8.42. The largest absolute Gasteiger partial charge is 0.321 e. The molecule has 0 spiro atoms. The molecule has 3 amide bonds. The molecule has 0 saturated heterocycles. The molecule has 0 radical (unpaired) electrons. The average Bonchev–Trinajstić information content (AvgIpc) is 3.12. The Morgan fingerprint density at radius 2 is 1.82 bits per heavy atom. The predicted molar refractivity (Wildman–Crippen MR) is 107 cm³/mol. The molecule has 2 aliphatic rings. The minimum atomic E-state index is -0.324. The SMILES string of the molecule is CC(=O)N1CCc2cc(NC(=O)C3=NN(c4ccccc4)C(=O)CC3)ccc21. The van der Waals surface area contributed by atoms with E-state index in [4.69, 9.17) is 0 Å². The standard InChI is InChI=1S/C21H20N4O3/c1-14(26)24-12-11-15-13-16(7-9-19(15)24)22-21(28)18-8-10-20(27)25(23-18)17-5-3-2-4-6-17/h2-7,9,13H,8,10-12H2,1H3,(H,22,28). The van der Waals surface area contributed by atoms with Crippen molar-refractivity contribution in [2.45, 2.75) is 26.2 Å². The molecule has 0 aliphatic carbocycles. The van der Waals surface area contributed by atoms with E-state index in [-0.39, 0.29) is 24.1 Å². The van der Waals surface area contributed by atoms with E-state index < -0.39 is 0 Å². The molecular weight excluding hydrogens is 356 g/mol. The van der Waals surface area contributed by atoms with Crippen LogP contribution in [0.4, 0.5) is 17.1 Å². The van der Waals surface area contributed by atoms with E-state index in [1.54, 1.807) is 30.0 Å². The topological polar surface area (TPSA) is 82.1 Å². The molecule has 2 aromatic rings. The Labute approximate surface area is 162 Å². The monoisotopic (exact) mass is 376 g/mol. The molecular formula is C21H20N4O3. The minimum Gasteiger partial charge on any atom is -0.321 e. The summed E-state index contributed by atoms with van der Waals surface area (Å²) in [5.41, 5.74) is 3.52. The quantitative estimate of drug-likeness (QED) is 0.894. The fourth-order valence-electron chi connectivity index (χ4n) is 3.50. The third-order valence-corrected chi connectivity index (χ3v) is 4.91. The molecule has 28 heavy (non-hydrogen) atoms. The molecule has 0 fully saturated rings. The Hall–Kier alpha value is -3.48. The summed E-state index contributed by atoms with van der Waals surface area (Å²) < 4.78 is 0. The summed E-state index contributed by atoms with van der Waals surface area (Å²) in [4.78, 5) is 38.3. The van der Waals surface area contributed by atoms with Crippen LogP contribution in [-0.4, -0.2) is 30.0 Å². The van der Waals surface area contributed by atoms with Crippen LogP contribution >= 0.6 is 0 Å². The number of hydrogen-bond acceptors (Lipinski definition) is 4. The first-order chi connectivity index (χ1) is 13.5. The van der Waals surface area contributed by atoms with Crippen molar-refractivity contribution in [2.75, 3.05) is 21.8 Å². The fraction of sp³-hybridized carbons (Fsp3) is 0.238. The van der Waals surface area contributed by atoms with E-state index in [0.29, 0.717) is 30.1 Å². The summed E-state index contributed by atoms with van der Waals surface area (Å²) in [6.07, 6.45) is 1.30. The molecule has 0 unspecified atom stereocenters. The highest BCUT2D eigenvalue weighted by Gasteiger charge is 2.26. The van der Waals surface area contributed by atoms with Crippen molar-refractivity contribution in [3.63, 3.8) is 0 Å². The number of rotatable bonds is 3. The first kappa shape index (κ1) is 17.9. The number of anilines is 3. The Morgan fingerprint density at radius 1 is 1.04 bits per heavy atom. The lowest BCUT2D eigenvalue weighted by Crippen LogP contribution is -2.36. The molecule has 2 heterocycles. The van der Waals surface area contributed by atoms with Crippen LogP contribution in [-0.2, 0) is 20.8 Å². The van der Waals surface area contributed by atoms with Gasteiger partial charge in [-0.2, -0.15) is 5.10 Å². The zero-order valence-electron chi connectivity index (χ0n) is 15.5. The zero-order chi connectivity index (χ0) is 19.7. The Bertz CT molecular complexity index is 984. The van der Waals surface area contributed by atoms with Gasteiger partial charge in [0.1, 0.15) is 5.71 Å². The summed E-state index contributed by atoms with van der Waals surface area (Å²) in [6.45, 7) is 2.20. The molecule has 7 heteroatoms. The lowest BCUT2D eigenvalue weighted by molar-refractivity contribution is -0.119. The molecule has 4 rings (SSSR count). The lowest BCUT2D eigenvalue weighted by atomic mass is 10.1. The first-order valence-corrected chi connectivity index (χ1v) is 9.21. The summed E-state index contributed by atoms with van der Waals surface area (Å²) in [5.74, 6) is -0.447. The van der Waals surface area contributed by atoms with Gasteiger partial charge in [-0.25, -0.2) is 5.01 Å². The number of hydrogen-bond donors (Lipinski definition) is 1. The average molecular weight is 376 g/mol. The third-order valence-electron chi connectivity index (χ3n) is 4.91. The van der Waals surface area contributed by atoms with Gasteiger partial charge in [0.15, 0.2) is 0 Å². The molecule has 0 saturated carbocycles. The molecule has 1 N–H and O–H groups in total. The van der Waals surface area contributed by atoms with Crippen molar-refractivity contribution in [2.24, 2.45) is 5.10 Å². The van der Waals surface area contributed by atoms with Gasteiger partial charge in [0.05, 0.1) is 5.69 Å². The maximum absolute atomic E-state index is 12.7. The minimum absolute atomic E-state index is 0.0118. The van der Waals surface area contributed by atoms with E-state index in [0.717, 1.165) is 17.7 Å². The molecule has 0 atom stereocenters. The van der Waals surface area contributed by atoms with Crippen molar-refractivity contribution in [3.8, 4) is 0 Å². The van der Waals surface area contributed by atoms with Crippen LogP contribution in [0.2, 0.25) is 0 Å². The number of nitrogens with zero attached hydrogens (tertiary/aromatic N) is 3. The fourth-order valence-corrected chi connectivity index (χ4v) is 3.50. The summed E-state index contributed by atoms with van der Waals surface area (Å²) in [6, 6.07) is 14.6. The second kappa shape index (κ2) is 7.26. The van der Waals surface area contributed by atoms with Gasteiger partial charge in [0.25, 0.3) is 5.91 Å². The van der Waals surface area contributed by atoms with Crippen LogP contribution in [0.3, 0.4) is 0 Å². The van der Waals surface area contributed by atoms with Crippen LogP contribution in [0, 0.1) is 0 Å².